The van der Waals surface area contributed by atoms with Gasteiger partial charge in [0.15, 0.2) is 6.10 Å². The highest BCUT2D eigenvalue weighted by Crippen LogP contribution is 2.15. The Morgan fingerprint density at radius 3 is 1.29 bits per heavy atom. The zero-order valence-corrected chi connectivity index (χ0v) is 42.8. The molecule has 0 radical (unpaired) electrons. The van der Waals surface area contributed by atoms with Gasteiger partial charge < -0.3 is 28.5 Å². The van der Waals surface area contributed by atoms with Gasteiger partial charge in [0.05, 0.1) is 34.4 Å². The number of nitrogens with zero attached hydrogens (tertiary/aromatic N) is 1. The highest BCUT2D eigenvalue weighted by atomic mass is 16.7. The molecule has 0 heterocycles. The van der Waals surface area contributed by atoms with Crippen LogP contribution < -0.4 is 0 Å². The van der Waals surface area contributed by atoms with E-state index < -0.39 is 24.3 Å². The van der Waals surface area contributed by atoms with Crippen LogP contribution in [0.15, 0.2) is 85.1 Å². The number of carboxylic acids is 1. The largest absolute Gasteiger partial charge is 0.477 e. The van der Waals surface area contributed by atoms with Crippen molar-refractivity contribution in [1.82, 2.24) is 0 Å². The summed E-state index contributed by atoms with van der Waals surface area (Å²) in [5.74, 6) is -2.04. The Morgan fingerprint density at radius 1 is 0.470 bits per heavy atom. The van der Waals surface area contributed by atoms with Crippen LogP contribution in [0, 0.1) is 0 Å². The summed E-state index contributed by atoms with van der Waals surface area (Å²) in [6.07, 6.45) is 59.3. The smallest absolute Gasteiger partial charge is 0.361 e. The lowest BCUT2D eigenvalue weighted by Gasteiger charge is -2.25. The van der Waals surface area contributed by atoms with E-state index in [1.54, 1.807) is 0 Å². The average molecular weight is 925 g/mol. The van der Waals surface area contributed by atoms with Crippen molar-refractivity contribution in [2.45, 2.75) is 212 Å². The monoisotopic (exact) mass is 925 g/mol. The maximum atomic E-state index is 12.8. The fourth-order valence-electron chi connectivity index (χ4n) is 6.87. The molecule has 0 aromatic carbocycles. The van der Waals surface area contributed by atoms with Gasteiger partial charge in [0, 0.05) is 12.8 Å². The summed E-state index contributed by atoms with van der Waals surface area (Å²) in [4.78, 5) is 37.3. The van der Waals surface area contributed by atoms with Gasteiger partial charge in [-0.15, -0.1) is 0 Å². The third-order valence-electron chi connectivity index (χ3n) is 10.9. The third kappa shape index (κ3) is 48.4. The van der Waals surface area contributed by atoms with Gasteiger partial charge in [-0.25, -0.2) is 4.79 Å². The van der Waals surface area contributed by atoms with Gasteiger partial charge >= 0.3 is 17.9 Å². The number of likely N-dealkylation sites (N-methyl/N-ethyl adjacent to an activating group) is 1. The highest BCUT2D eigenvalue weighted by molar-refractivity contribution is 5.71. The van der Waals surface area contributed by atoms with Gasteiger partial charge in [0.2, 0.25) is 0 Å². The summed E-state index contributed by atoms with van der Waals surface area (Å²) in [7, 11) is 5.95. The predicted molar refractivity (Wildman–Crippen MR) is 276 cm³/mol. The van der Waals surface area contributed by atoms with Crippen molar-refractivity contribution < 1.29 is 42.9 Å². The van der Waals surface area contributed by atoms with E-state index in [2.05, 4.69) is 98.9 Å². The van der Waals surface area contributed by atoms with Crippen molar-refractivity contribution >= 4 is 17.9 Å². The van der Waals surface area contributed by atoms with Crippen LogP contribution in [-0.2, 0) is 33.3 Å². The molecule has 0 aromatic heterocycles. The van der Waals surface area contributed by atoms with Crippen LogP contribution in [0.3, 0.4) is 0 Å². The van der Waals surface area contributed by atoms with Crippen LogP contribution in [0.4, 0.5) is 0 Å². The van der Waals surface area contributed by atoms with E-state index in [0.717, 1.165) is 96.3 Å². The fourth-order valence-corrected chi connectivity index (χ4v) is 6.87. The molecule has 66 heavy (non-hydrogen) atoms. The highest BCUT2D eigenvalue weighted by Gasteiger charge is 2.25. The van der Waals surface area contributed by atoms with Gasteiger partial charge in [-0.05, 0) is 70.6 Å². The maximum Gasteiger partial charge on any atom is 0.361 e. The molecule has 9 heteroatoms. The molecule has 0 rings (SSSR count). The van der Waals surface area contributed by atoms with Gasteiger partial charge in [0.1, 0.15) is 13.2 Å². The fraction of sp³-hybridized carbons (Fsp3) is 0.702. The molecule has 2 atom stereocenters. The molecule has 0 amide bonds. The molecule has 0 spiro atoms. The summed E-state index contributed by atoms with van der Waals surface area (Å²) in [6, 6.07) is 0. The first kappa shape index (κ1) is 62.5. The number of aliphatic carboxylic acids is 1. The summed E-state index contributed by atoms with van der Waals surface area (Å²) in [5, 5.41) is 9.67. The second kappa shape index (κ2) is 47.9. The predicted octanol–water partition coefficient (Wildman–Crippen LogP) is 14.8. The molecule has 1 N–H and O–H groups in total. The second-order valence-corrected chi connectivity index (χ2v) is 18.5. The minimum absolute atomic E-state index is 0.180. The van der Waals surface area contributed by atoms with Crippen LogP contribution >= 0.6 is 0 Å². The summed E-state index contributed by atoms with van der Waals surface area (Å²) in [6.45, 7) is 4.73. The SMILES string of the molecule is CC/C=C\C/C=C\C/C=C\C/C=C\C/C=C\C/C=C\C/C=C\CCCCCCCC(=O)OC(COC(=O)CCCCCCCCCCCCCCCC)COC(OCC[N+](C)(C)C)C(=O)O. The Morgan fingerprint density at radius 2 is 0.864 bits per heavy atom. The topological polar surface area (TPSA) is 108 Å². The first-order chi connectivity index (χ1) is 32.1. The van der Waals surface area contributed by atoms with Crippen molar-refractivity contribution in [3.05, 3.63) is 85.1 Å². The number of esters is 2. The van der Waals surface area contributed by atoms with E-state index in [0.29, 0.717) is 23.9 Å². The molecule has 378 valence electrons. The van der Waals surface area contributed by atoms with E-state index in [9.17, 15) is 19.5 Å². The van der Waals surface area contributed by atoms with Crippen LogP contribution in [0.1, 0.15) is 200 Å². The quantitative estimate of drug-likeness (QED) is 0.0211. The number of allylic oxidation sites excluding steroid dienone is 14. The van der Waals surface area contributed by atoms with E-state index >= 15 is 0 Å². The summed E-state index contributed by atoms with van der Waals surface area (Å²) < 4.78 is 22.8. The van der Waals surface area contributed by atoms with Gasteiger partial charge in [-0.1, -0.05) is 202 Å². The van der Waals surface area contributed by atoms with Crippen LogP contribution in [0.2, 0.25) is 0 Å². The molecule has 9 nitrogen and oxygen atoms in total. The molecule has 0 aliphatic rings. The third-order valence-corrected chi connectivity index (χ3v) is 10.9. The average Bonchev–Trinajstić information content (AvgIpc) is 3.28. The van der Waals surface area contributed by atoms with E-state index in [4.69, 9.17) is 18.9 Å². The minimum Gasteiger partial charge on any atom is -0.477 e. The number of carbonyl (C=O) groups excluding carboxylic acids is 2. The lowest BCUT2D eigenvalue weighted by atomic mass is 10.0. The number of hydrogen-bond donors (Lipinski definition) is 1. The molecule has 0 saturated carbocycles. The Labute approximate surface area is 404 Å². The number of carbonyl (C=O) groups is 3. The normalized spacial score (nSPS) is 13.5. The lowest BCUT2D eigenvalue weighted by Crippen LogP contribution is -2.40. The molecule has 0 bridgehead atoms. The number of rotatable bonds is 47. The van der Waals surface area contributed by atoms with Crippen molar-refractivity contribution in [3.63, 3.8) is 0 Å². The molecule has 0 aliphatic carbocycles. The van der Waals surface area contributed by atoms with Crippen LogP contribution in [0.25, 0.3) is 0 Å². The maximum absolute atomic E-state index is 12.8. The van der Waals surface area contributed by atoms with Crippen molar-refractivity contribution in [2.24, 2.45) is 0 Å². The zero-order valence-electron chi connectivity index (χ0n) is 42.8. The zero-order chi connectivity index (χ0) is 48.4. The van der Waals surface area contributed by atoms with Crippen molar-refractivity contribution in [2.75, 3.05) is 47.5 Å². The molecule has 0 saturated heterocycles. The standard InChI is InChI=1S/C57H97NO8/c1-6-8-10-12-14-16-18-20-22-23-24-25-26-27-28-29-30-31-32-33-34-36-38-40-42-44-46-48-55(60)66-53(52-65-57(56(61)62)63-50-49-58(3,4)5)51-64-54(59)47-45-43-41-39-37-35-21-19-17-15-13-11-9-7-2/h8,10,14,16,20,22,24-25,27-28,30-31,33-34,53,57H,6-7,9,11-13,15,17-19,21,23,26,29,32,35-52H2,1-5H3/p+1/b10-8-,16-14-,22-20-,25-24-,28-27-,31-30-,34-33-. The van der Waals surface area contributed by atoms with E-state index in [1.165, 1.54) is 70.6 Å². The molecule has 0 aromatic rings. The molecule has 2 unspecified atom stereocenters. The van der Waals surface area contributed by atoms with Gasteiger partial charge in [-0.3, -0.25) is 9.59 Å². The molecular weight excluding hydrogens is 827 g/mol. The Kier molecular flexibility index (Phi) is 45.4. The van der Waals surface area contributed by atoms with Crippen molar-refractivity contribution in [1.29, 1.82) is 0 Å². The van der Waals surface area contributed by atoms with Gasteiger partial charge in [-0.2, -0.15) is 0 Å². The van der Waals surface area contributed by atoms with Crippen molar-refractivity contribution in [3.8, 4) is 0 Å². The Balaban J connectivity index is 4.36. The van der Waals surface area contributed by atoms with Crippen LogP contribution in [-0.4, -0.2) is 87.4 Å². The van der Waals surface area contributed by atoms with Crippen LogP contribution in [0.5, 0.6) is 0 Å². The number of hydrogen-bond acceptors (Lipinski definition) is 7. The Hall–Kier alpha value is -3.53. The number of quaternary nitrogens is 1. The minimum atomic E-state index is -1.52. The number of unbranched alkanes of at least 4 members (excludes halogenated alkanes) is 18. The first-order valence-electron chi connectivity index (χ1n) is 26.3. The number of carboxylic acid groups (broad SMARTS) is 1. The van der Waals surface area contributed by atoms with E-state index in [1.807, 2.05) is 21.1 Å². The Bertz CT molecular complexity index is 1350. The summed E-state index contributed by atoms with van der Waals surface area (Å²) in [5.41, 5.74) is 0. The summed E-state index contributed by atoms with van der Waals surface area (Å²) >= 11 is 0. The first-order valence-corrected chi connectivity index (χ1v) is 26.3. The second-order valence-electron chi connectivity index (χ2n) is 18.5. The molecular formula is C57H98NO8+. The molecule has 0 fully saturated rings. The molecule has 0 aliphatic heterocycles. The number of ether oxygens (including phenoxy) is 4. The lowest BCUT2D eigenvalue weighted by molar-refractivity contribution is -0.870. The van der Waals surface area contributed by atoms with Gasteiger partial charge in [0.25, 0.3) is 6.29 Å². The van der Waals surface area contributed by atoms with E-state index in [-0.39, 0.29) is 32.2 Å².